The molecule has 0 bridgehead atoms. The fourth-order valence-corrected chi connectivity index (χ4v) is 0. The van der Waals surface area contributed by atoms with Crippen molar-refractivity contribution in [2.45, 2.75) is 0 Å². The largest absolute Gasteiger partial charge is 0.0854 e. The summed E-state index contributed by atoms with van der Waals surface area (Å²) in [7, 11) is 0. The molecule has 5 heteroatoms. The van der Waals surface area contributed by atoms with Gasteiger partial charge in [-0.25, -0.2) is 0 Å². The van der Waals surface area contributed by atoms with Gasteiger partial charge in [0.1, 0.15) is 0 Å². The van der Waals surface area contributed by atoms with Crippen molar-refractivity contribution in [3.05, 3.63) is 0 Å². The monoisotopic (exact) mass is 268 g/mol. The van der Waals surface area contributed by atoms with Gasteiger partial charge in [-0.2, -0.15) is 0 Å². The summed E-state index contributed by atoms with van der Waals surface area (Å²) < 4.78 is 0. The van der Waals surface area contributed by atoms with Crippen LogP contribution in [0.5, 0.6) is 0 Å². The zero-order chi connectivity index (χ0) is 0. The summed E-state index contributed by atoms with van der Waals surface area (Å²) in [6.45, 7) is 0. The van der Waals surface area contributed by atoms with Gasteiger partial charge >= 0.3 is 0 Å². The quantitative estimate of drug-likeness (QED) is 0.438. The number of rotatable bonds is 0. The minimum Gasteiger partial charge on any atom is -0.0125 e. The van der Waals surface area contributed by atoms with Crippen LogP contribution in [-0.2, 0) is 17.1 Å². The van der Waals surface area contributed by atoms with Gasteiger partial charge in [-0.15, -0.1) is 0 Å². The summed E-state index contributed by atoms with van der Waals surface area (Å²) in [5.74, 6) is 0. The predicted molar refractivity (Wildman–Crippen MR) is 22.8 cm³/mol. The van der Waals surface area contributed by atoms with Crippen LogP contribution in [0.1, 0.15) is 0 Å². The van der Waals surface area contributed by atoms with Crippen LogP contribution in [-0.4, -0.2) is 36.7 Å². The van der Waals surface area contributed by atoms with Crippen LogP contribution in [0.2, 0.25) is 0 Å². The van der Waals surface area contributed by atoms with Crippen LogP contribution < -0.4 is 0 Å². The second-order valence-corrected chi connectivity index (χ2v) is 0. The smallest absolute Gasteiger partial charge is 0.0125 e. The van der Waals surface area contributed by atoms with E-state index < -0.39 is 0 Å². The van der Waals surface area contributed by atoms with Crippen LogP contribution >= 0.6 is 0 Å². The average Bonchev–Trinajstić information content (AvgIpc) is 0. The molecular formula is H4AlBFeNdSi. The Labute approximate surface area is 93.0 Å². The Morgan fingerprint density at radius 1 is 1.00 bits per heavy atom. The summed E-state index contributed by atoms with van der Waals surface area (Å²) >= 11 is 0. The van der Waals surface area contributed by atoms with E-state index in [1.54, 1.807) is 0 Å². The van der Waals surface area contributed by atoms with Crippen molar-refractivity contribution in [2.24, 2.45) is 0 Å². The van der Waals surface area contributed by atoms with Gasteiger partial charge in [-0.1, -0.05) is 0 Å². The molecule has 0 fully saturated rings. The van der Waals surface area contributed by atoms with Crippen LogP contribution in [0.4, 0.5) is 0 Å². The summed E-state index contributed by atoms with van der Waals surface area (Å²) in [6, 6.07) is 0. The van der Waals surface area contributed by atoms with Gasteiger partial charge in [0.25, 0.3) is 0 Å². The molecule has 0 atom stereocenters. The van der Waals surface area contributed by atoms with Gasteiger partial charge < -0.3 is 0 Å². The SMILES string of the molecule is [AlH].[B].[Fe].[Nd].[SiH3]. The standard InChI is InChI=1S/Al.B.Fe.Nd.H3Si.H/h;;;;1H3;. The first-order chi connectivity index (χ1) is 0. The van der Waals surface area contributed by atoms with E-state index in [4.69, 9.17) is 0 Å². The molecule has 26 valence electrons. The van der Waals surface area contributed by atoms with Gasteiger partial charge in [-0.3, -0.25) is 0 Å². The predicted octanol–water partition coefficient (Wildman–Crippen LogP) is -2.22. The minimum atomic E-state index is 0. The first-order valence-corrected chi connectivity index (χ1v) is 0. The van der Waals surface area contributed by atoms with Crippen LogP contribution in [0.3, 0.4) is 0 Å². The Hall–Kier alpha value is 2.68. The topological polar surface area (TPSA) is 0 Å². The molecule has 0 unspecified atom stereocenters. The maximum absolute atomic E-state index is 0. The summed E-state index contributed by atoms with van der Waals surface area (Å²) in [4.78, 5) is 0. The van der Waals surface area contributed by atoms with Crippen molar-refractivity contribution in [1.29, 1.82) is 0 Å². The van der Waals surface area contributed by atoms with E-state index in [2.05, 4.69) is 0 Å². The second-order valence-electron chi connectivity index (χ2n) is 0. The third-order valence-corrected chi connectivity index (χ3v) is 0. The van der Waals surface area contributed by atoms with Crippen LogP contribution in [0.15, 0.2) is 0 Å². The second kappa shape index (κ2) is 30.0. The molecule has 0 N–H and O–H groups in total. The van der Waals surface area contributed by atoms with E-state index in [1.807, 2.05) is 0 Å². The molecule has 6 radical (unpaired) electrons. The van der Waals surface area contributed by atoms with E-state index in [-0.39, 0.29) is 94.6 Å². The summed E-state index contributed by atoms with van der Waals surface area (Å²) in [5.41, 5.74) is 0. The molecule has 0 aromatic heterocycles. The zero-order valence-corrected chi connectivity index (χ0v) is 10.9. The summed E-state index contributed by atoms with van der Waals surface area (Å²) in [6.07, 6.45) is 0. The van der Waals surface area contributed by atoms with Gasteiger partial charge in [-0.05, 0) is 11.0 Å². The molecule has 0 aromatic carbocycles. The third kappa shape index (κ3) is 20.4. The Morgan fingerprint density at radius 2 is 1.00 bits per heavy atom. The average molecular weight is 270 g/mol. The Bertz CT molecular complexity index is 11.6. The molecule has 0 aliphatic heterocycles. The van der Waals surface area contributed by atoms with Crippen LogP contribution in [0, 0.1) is 40.8 Å². The van der Waals surface area contributed by atoms with E-state index in [9.17, 15) is 0 Å². The normalized spacial score (nSPS) is 0. The molecule has 0 amide bonds. The molecule has 0 aromatic rings. The molecule has 0 rings (SSSR count). The Kier molecular flexibility index (Phi) is 286. The molecule has 0 spiro atoms. The van der Waals surface area contributed by atoms with Gasteiger partial charge in [0, 0.05) is 66.3 Å². The van der Waals surface area contributed by atoms with Crippen molar-refractivity contribution in [3.63, 3.8) is 0 Å². The molecule has 0 heterocycles. The first kappa shape index (κ1) is 47.6. The fraction of sp³-hybridized carbons (Fsp3) is 0. The van der Waals surface area contributed by atoms with Gasteiger partial charge in [0.05, 0.1) is 17.4 Å². The first-order valence-electron chi connectivity index (χ1n) is 0. The van der Waals surface area contributed by atoms with Gasteiger partial charge in [0.15, 0.2) is 0 Å². The maximum Gasteiger partial charge on any atom is 0.0854 e. The fourth-order valence-electron chi connectivity index (χ4n) is 0. The molecular weight excluding hydrogens is 266 g/mol. The van der Waals surface area contributed by atoms with Crippen LogP contribution in [0.25, 0.3) is 0 Å². The summed E-state index contributed by atoms with van der Waals surface area (Å²) in [5, 5.41) is 0. The van der Waals surface area contributed by atoms with Crippen molar-refractivity contribution in [3.8, 4) is 0 Å². The van der Waals surface area contributed by atoms with Crippen molar-refractivity contribution >= 4 is 36.7 Å². The van der Waals surface area contributed by atoms with Crippen molar-refractivity contribution < 1.29 is 57.9 Å². The molecule has 0 saturated carbocycles. The zero-order valence-electron chi connectivity index (χ0n) is 3.14. The van der Waals surface area contributed by atoms with Crippen molar-refractivity contribution in [1.82, 2.24) is 0 Å². The maximum atomic E-state index is 0. The Morgan fingerprint density at radius 3 is 1.00 bits per heavy atom. The van der Waals surface area contributed by atoms with Gasteiger partial charge in [0.2, 0.25) is 0 Å². The Balaban J connectivity index is 0. The van der Waals surface area contributed by atoms with E-state index in [0.29, 0.717) is 0 Å². The molecule has 0 aliphatic carbocycles. The number of hydrogen-bond donors (Lipinski definition) is 0. The van der Waals surface area contributed by atoms with Crippen molar-refractivity contribution in [2.75, 3.05) is 0 Å². The van der Waals surface area contributed by atoms with E-state index in [0.717, 1.165) is 0 Å². The molecule has 5 heavy (non-hydrogen) atoms. The molecule has 0 nitrogen and oxygen atoms in total. The van der Waals surface area contributed by atoms with E-state index >= 15 is 0 Å². The molecule has 0 saturated heterocycles. The number of hydrogen-bond acceptors (Lipinski definition) is 0. The molecule has 0 aliphatic rings. The van der Waals surface area contributed by atoms with E-state index in [1.165, 1.54) is 0 Å². The minimum absolute atomic E-state index is 0. The third-order valence-electron chi connectivity index (χ3n) is 0.